The second-order valence-electron chi connectivity index (χ2n) is 6.60. The van der Waals surface area contributed by atoms with Crippen molar-refractivity contribution in [3.8, 4) is 0 Å². The maximum Gasteiger partial charge on any atom is 0.0675 e. The van der Waals surface area contributed by atoms with Gasteiger partial charge in [-0.3, -0.25) is 0 Å². The molecule has 0 amide bonds. The predicted molar refractivity (Wildman–Crippen MR) is 68.3 cm³/mol. The van der Waals surface area contributed by atoms with Crippen molar-refractivity contribution in [2.45, 2.75) is 77.2 Å². The van der Waals surface area contributed by atoms with Gasteiger partial charge in [-0.2, -0.15) is 0 Å². The molecule has 2 unspecified atom stereocenters. The fourth-order valence-electron chi connectivity index (χ4n) is 3.73. The van der Waals surface area contributed by atoms with E-state index >= 15 is 0 Å². The van der Waals surface area contributed by atoms with Gasteiger partial charge in [0.2, 0.25) is 0 Å². The zero-order valence-electron chi connectivity index (χ0n) is 11.0. The van der Waals surface area contributed by atoms with Crippen LogP contribution >= 0.6 is 0 Å². The Hall–Kier alpha value is -0.0400. The van der Waals surface area contributed by atoms with E-state index in [1.807, 2.05) is 0 Å². The summed E-state index contributed by atoms with van der Waals surface area (Å²) in [7, 11) is 0. The van der Waals surface area contributed by atoms with Crippen LogP contribution in [0, 0.1) is 17.8 Å². The Morgan fingerprint density at radius 1 is 0.812 bits per heavy atom. The number of aliphatic hydroxyl groups is 1. The summed E-state index contributed by atoms with van der Waals surface area (Å²) in [6.07, 6.45) is 11.1. The molecule has 2 aliphatic rings. The summed E-state index contributed by atoms with van der Waals surface area (Å²) >= 11 is 0. The highest BCUT2D eigenvalue weighted by Crippen LogP contribution is 2.42. The second-order valence-corrected chi connectivity index (χ2v) is 6.60. The van der Waals surface area contributed by atoms with Gasteiger partial charge in [0, 0.05) is 0 Å². The van der Waals surface area contributed by atoms with E-state index in [0.29, 0.717) is 5.92 Å². The normalized spacial score (nSPS) is 46.3. The van der Waals surface area contributed by atoms with Crippen molar-refractivity contribution in [2.75, 3.05) is 0 Å². The monoisotopic (exact) mass is 224 g/mol. The third kappa shape index (κ3) is 2.80. The van der Waals surface area contributed by atoms with Gasteiger partial charge in [0.05, 0.1) is 5.60 Å². The standard InChI is InChI=1S/C15H28O/c1-12-4-3-10-15(16,11-9-12)14-7-5-13(2)6-8-14/h12-14,16H,3-11H2,1-2H3. The molecule has 0 spiro atoms. The van der Waals surface area contributed by atoms with Crippen molar-refractivity contribution in [1.82, 2.24) is 0 Å². The molecule has 0 aromatic heterocycles. The van der Waals surface area contributed by atoms with Gasteiger partial charge < -0.3 is 5.11 Å². The van der Waals surface area contributed by atoms with Crippen LogP contribution in [-0.4, -0.2) is 10.7 Å². The molecule has 0 aliphatic heterocycles. The molecule has 0 heterocycles. The molecule has 1 nitrogen and oxygen atoms in total. The molecule has 16 heavy (non-hydrogen) atoms. The topological polar surface area (TPSA) is 20.2 Å². The summed E-state index contributed by atoms with van der Waals surface area (Å²) in [6, 6.07) is 0. The molecule has 2 saturated carbocycles. The molecule has 0 aromatic carbocycles. The molecule has 2 rings (SSSR count). The Labute approximate surface area is 101 Å². The molecule has 2 atom stereocenters. The first-order valence-corrected chi connectivity index (χ1v) is 7.32. The van der Waals surface area contributed by atoms with Crippen LogP contribution in [-0.2, 0) is 0 Å². The quantitative estimate of drug-likeness (QED) is 0.664. The fourth-order valence-corrected chi connectivity index (χ4v) is 3.73. The first kappa shape index (κ1) is 12.4. The van der Waals surface area contributed by atoms with Gasteiger partial charge in [-0.1, -0.05) is 39.5 Å². The average Bonchev–Trinajstić information content (AvgIpc) is 2.43. The van der Waals surface area contributed by atoms with E-state index < -0.39 is 0 Å². The van der Waals surface area contributed by atoms with Crippen LogP contribution < -0.4 is 0 Å². The Balaban J connectivity index is 1.95. The summed E-state index contributed by atoms with van der Waals surface area (Å²) in [4.78, 5) is 0. The highest BCUT2D eigenvalue weighted by molar-refractivity contribution is 4.91. The molecule has 1 N–H and O–H groups in total. The van der Waals surface area contributed by atoms with Gasteiger partial charge in [-0.15, -0.1) is 0 Å². The van der Waals surface area contributed by atoms with Crippen LogP contribution in [0.2, 0.25) is 0 Å². The van der Waals surface area contributed by atoms with Gasteiger partial charge in [0.1, 0.15) is 0 Å². The van der Waals surface area contributed by atoms with Crippen LogP contribution in [0.15, 0.2) is 0 Å². The number of rotatable bonds is 1. The van der Waals surface area contributed by atoms with E-state index in [-0.39, 0.29) is 5.60 Å². The molecule has 2 fully saturated rings. The zero-order valence-corrected chi connectivity index (χ0v) is 11.0. The van der Waals surface area contributed by atoms with Crippen LogP contribution in [0.1, 0.15) is 71.6 Å². The van der Waals surface area contributed by atoms with Crippen LogP contribution in [0.5, 0.6) is 0 Å². The van der Waals surface area contributed by atoms with E-state index in [4.69, 9.17) is 0 Å². The zero-order chi connectivity index (χ0) is 11.6. The van der Waals surface area contributed by atoms with Crippen LogP contribution in [0.3, 0.4) is 0 Å². The first-order chi connectivity index (χ1) is 7.60. The van der Waals surface area contributed by atoms with Crippen LogP contribution in [0.25, 0.3) is 0 Å². The Morgan fingerprint density at radius 3 is 2.12 bits per heavy atom. The van der Waals surface area contributed by atoms with Gasteiger partial charge in [0.25, 0.3) is 0 Å². The van der Waals surface area contributed by atoms with E-state index in [9.17, 15) is 5.11 Å². The number of hydrogen-bond acceptors (Lipinski definition) is 1. The van der Waals surface area contributed by atoms with Gasteiger partial charge in [-0.25, -0.2) is 0 Å². The van der Waals surface area contributed by atoms with E-state index in [1.54, 1.807) is 0 Å². The molecule has 0 aromatic rings. The minimum absolute atomic E-state index is 0.301. The minimum atomic E-state index is -0.301. The molecule has 0 saturated heterocycles. The van der Waals surface area contributed by atoms with Crippen molar-refractivity contribution >= 4 is 0 Å². The molecule has 0 bridgehead atoms. The summed E-state index contributed by atoms with van der Waals surface area (Å²) < 4.78 is 0. The molecular weight excluding hydrogens is 196 g/mol. The Kier molecular flexibility index (Phi) is 3.94. The maximum absolute atomic E-state index is 10.9. The maximum atomic E-state index is 10.9. The lowest BCUT2D eigenvalue weighted by Gasteiger charge is -2.39. The smallest absolute Gasteiger partial charge is 0.0675 e. The second kappa shape index (κ2) is 5.08. The van der Waals surface area contributed by atoms with E-state index in [1.165, 1.54) is 44.9 Å². The van der Waals surface area contributed by atoms with Crippen molar-refractivity contribution in [2.24, 2.45) is 17.8 Å². The van der Waals surface area contributed by atoms with Gasteiger partial charge >= 0.3 is 0 Å². The highest BCUT2D eigenvalue weighted by atomic mass is 16.3. The van der Waals surface area contributed by atoms with Crippen molar-refractivity contribution < 1.29 is 5.11 Å². The molecular formula is C15H28O. The summed E-state index contributed by atoms with van der Waals surface area (Å²) in [5, 5.41) is 10.9. The summed E-state index contributed by atoms with van der Waals surface area (Å²) in [5.74, 6) is 2.33. The van der Waals surface area contributed by atoms with Gasteiger partial charge in [0.15, 0.2) is 0 Å². The molecule has 94 valence electrons. The van der Waals surface area contributed by atoms with E-state index in [2.05, 4.69) is 13.8 Å². The Morgan fingerprint density at radius 2 is 1.44 bits per heavy atom. The predicted octanol–water partition coefficient (Wildman–Crippen LogP) is 4.14. The largest absolute Gasteiger partial charge is 0.390 e. The third-order valence-corrected chi connectivity index (χ3v) is 5.15. The fraction of sp³-hybridized carbons (Fsp3) is 1.00. The van der Waals surface area contributed by atoms with E-state index in [0.717, 1.165) is 24.7 Å². The lowest BCUT2D eigenvalue weighted by atomic mass is 9.71. The highest BCUT2D eigenvalue weighted by Gasteiger charge is 2.38. The first-order valence-electron chi connectivity index (χ1n) is 7.32. The third-order valence-electron chi connectivity index (χ3n) is 5.15. The van der Waals surface area contributed by atoms with Crippen molar-refractivity contribution in [3.05, 3.63) is 0 Å². The Bertz CT molecular complexity index is 217. The molecule has 0 radical (unpaired) electrons. The SMILES string of the molecule is CC1CCC(C2(O)CCCC(C)CC2)CC1. The summed E-state index contributed by atoms with van der Waals surface area (Å²) in [6.45, 7) is 4.70. The molecule has 1 heteroatoms. The van der Waals surface area contributed by atoms with Crippen LogP contribution in [0.4, 0.5) is 0 Å². The summed E-state index contributed by atoms with van der Waals surface area (Å²) in [5.41, 5.74) is -0.301. The molecule has 2 aliphatic carbocycles. The van der Waals surface area contributed by atoms with Crippen molar-refractivity contribution in [1.29, 1.82) is 0 Å². The van der Waals surface area contributed by atoms with Crippen molar-refractivity contribution in [3.63, 3.8) is 0 Å². The van der Waals surface area contributed by atoms with Gasteiger partial charge in [-0.05, 0) is 49.9 Å². The average molecular weight is 224 g/mol. The minimum Gasteiger partial charge on any atom is -0.390 e. The lowest BCUT2D eigenvalue weighted by molar-refractivity contribution is -0.0498. The lowest BCUT2D eigenvalue weighted by Crippen LogP contribution is -2.39. The number of hydrogen-bond donors (Lipinski definition) is 1.